The highest BCUT2D eigenvalue weighted by Gasteiger charge is 1.96. The Morgan fingerprint density at radius 1 is 1.14 bits per heavy atom. The van der Waals surface area contributed by atoms with Crippen molar-refractivity contribution in [3.8, 4) is 11.8 Å². The van der Waals surface area contributed by atoms with Gasteiger partial charge in [0.25, 0.3) is 0 Å². The minimum absolute atomic E-state index is 0.347. The lowest BCUT2D eigenvalue weighted by molar-refractivity contribution is 0.138. The summed E-state index contributed by atoms with van der Waals surface area (Å²) in [7, 11) is 0. The minimum atomic E-state index is -0.985. The number of hydrogen-bond acceptors (Lipinski definition) is 5. The molecule has 0 aliphatic heterocycles. The summed E-state index contributed by atoms with van der Waals surface area (Å²) in [5.74, 6) is 5.37. The van der Waals surface area contributed by atoms with E-state index in [2.05, 4.69) is 21.5 Å². The predicted octanol–water partition coefficient (Wildman–Crippen LogP) is 1.58. The fourth-order valence-electron chi connectivity index (χ4n) is 1.52. The smallest absolute Gasteiger partial charge is 0.138 e. The van der Waals surface area contributed by atoms with Crippen molar-refractivity contribution in [2.45, 2.75) is 17.5 Å². The highest BCUT2D eigenvalue weighted by atomic mass is 32.2. The monoisotopic (exact) mass is 300 g/mol. The molecule has 1 atom stereocenters. The molecule has 0 fully saturated rings. The molecule has 2 aromatic rings. The quantitative estimate of drug-likeness (QED) is 0.578. The number of pyridine rings is 1. The van der Waals surface area contributed by atoms with E-state index in [1.54, 1.807) is 24.3 Å². The first-order valence-corrected chi connectivity index (χ1v) is 7.28. The maximum Gasteiger partial charge on any atom is 0.138 e. The molecule has 21 heavy (non-hydrogen) atoms. The van der Waals surface area contributed by atoms with Gasteiger partial charge < -0.3 is 10.2 Å². The molecule has 0 aliphatic carbocycles. The van der Waals surface area contributed by atoms with Crippen LogP contribution in [0.15, 0.2) is 53.7 Å². The molecule has 108 valence electrons. The Labute approximate surface area is 128 Å². The van der Waals surface area contributed by atoms with E-state index in [1.807, 2.05) is 36.4 Å². The van der Waals surface area contributed by atoms with E-state index in [4.69, 9.17) is 10.2 Å². The summed E-state index contributed by atoms with van der Waals surface area (Å²) in [6.07, 6.45) is 2.56. The van der Waals surface area contributed by atoms with Crippen molar-refractivity contribution in [2.24, 2.45) is 0 Å². The third kappa shape index (κ3) is 5.58. The van der Waals surface area contributed by atoms with Crippen LogP contribution in [0.2, 0.25) is 0 Å². The van der Waals surface area contributed by atoms with Gasteiger partial charge in [-0.15, -0.1) is 0 Å². The van der Waals surface area contributed by atoms with Gasteiger partial charge in [0.2, 0.25) is 0 Å². The summed E-state index contributed by atoms with van der Waals surface area (Å²) in [4.78, 5) is 5.06. The molecule has 1 aromatic heterocycles. The number of aliphatic hydroxyl groups is 2. The second-order valence-corrected chi connectivity index (χ2v) is 5.23. The Bertz CT molecular complexity index is 606. The zero-order valence-electron chi connectivity index (χ0n) is 11.4. The molecule has 3 N–H and O–H groups in total. The Kier molecular flexibility index (Phi) is 6.25. The van der Waals surface area contributed by atoms with Crippen LogP contribution in [0.25, 0.3) is 0 Å². The molecule has 0 saturated heterocycles. The largest absolute Gasteiger partial charge is 0.393 e. The molecular weight excluding hydrogens is 284 g/mol. The summed E-state index contributed by atoms with van der Waals surface area (Å²) in [5.41, 5.74) is 1.99. The molecule has 1 aromatic carbocycles. The summed E-state index contributed by atoms with van der Waals surface area (Å²) in [6, 6.07) is 11.6. The second-order valence-electron chi connectivity index (χ2n) is 4.27. The average Bonchev–Trinajstić information content (AvgIpc) is 2.55. The van der Waals surface area contributed by atoms with Gasteiger partial charge in [0.05, 0.1) is 6.61 Å². The Morgan fingerprint density at radius 3 is 2.52 bits per heavy atom. The number of aliphatic hydroxyl groups excluding tert-OH is 2. The van der Waals surface area contributed by atoms with Gasteiger partial charge in [0, 0.05) is 29.4 Å². The van der Waals surface area contributed by atoms with Gasteiger partial charge in [0.15, 0.2) is 0 Å². The number of aromatic nitrogens is 1. The van der Waals surface area contributed by atoms with Gasteiger partial charge in [-0.3, -0.25) is 9.71 Å². The van der Waals surface area contributed by atoms with Crippen molar-refractivity contribution in [1.29, 1.82) is 0 Å². The van der Waals surface area contributed by atoms with Crippen molar-refractivity contribution < 1.29 is 10.2 Å². The molecule has 0 spiro atoms. The van der Waals surface area contributed by atoms with Crippen LogP contribution in [0.4, 0.5) is 0 Å². The maximum atomic E-state index is 9.16. The summed E-state index contributed by atoms with van der Waals surface area (Å²) in [5, 5.41) is 17.8. The third-order valence-electron chi connectivity index (χ3n) is 2.63. The van der Waals surface area contributed by atoms with Crippen molar-refractivity contribution in [2.75, 3.05) is 6.61 Å². The first-order chi connectivity index (χ1) is 10.3. The number of nitrogens with one attached hydrogen (secondary N) is 1. The van der Waals surface area contributed by atoms with Crippen molar-refractivity contribution in [3.63, 3.8) is 0 Å². The van der Waals surface area contributed by atoms with Gasteiger partial charge in [-0.1, -0.05) is 11.8 Å². The molecule has 0 aliphatic rings. The van der Waals surface area contributed by atoms with E-state index < -0.39 is 6.10 Å². The number of benzene rings is 1. The average molecular weight is 300 g/mol. The fraction of sp³-hybridized carbons (Fsp3) is 0.188. The fourth-order valence-corrected chi connectivity index (χ4v) is 2.20. The van der Waals surface area contributed by atoms with Crippen molar-refractivity contribution in [1.82, 2.24) is 9.71 Å². The van der Waals surface area contributed by atoms with E-state index >= 15 is 0 Å². The summed E-state index contributed by atoms with van der Waals surface area (Å²) in [6.45, 7) is 0.414. The van der Waals surface area contributed by atoms with Crippen LogP contribution in [-0.4, -0.2) is 27.9 Å². The molecule has 5 heteroatoms. The Hall–Kier alpha value is -1.84. The van der Waals surface area contributed by atoms with Gasteiger partial charge >= 0.3 is 0 Å². The first-order valence-electron chi connectivity index (χ1n) is 6.47. The molecule has 0 radical (unpaired) electrons. The van der Waals surface area contributed by atoms with Crippen LogP contribution in [-0.2, 0) is 6.54 Å². The molecule has 0 unspecified atom stereocenters. The summed E-state index contributed by atoms with van der Waals surface area (Å²) < 4.78 is 3.28. The topological polar surface area (TPSA) is 65.4 Å². The SMILES string of the molecule is OC[C@@H](O)C#Cc1ccc(SNCc2ccncc2)cc1. The van der Waals surface area contributed by atoms with Crippen LogP contribution in [0, 0.1) is 11.8 Å². The lowest BCUT2D eigenvalue weighted by Crippen LogP contribution is -2.07. The van der Waals surface area contributed by atoms with Crippen molar-refractivity contribution >= 4 is 11.9 Å². The van der Waals surface area contributed by atoms with Crippen LogP contribution >= 0.6 is 11.9 Å². The Balaban J connectivity index is 1.83. The van der Waals surface area contributed by atoms with Crippen LogP contribution in [0.5, 0.6) is 0 Å². The van der Waals surface area contributed by atoms with Crippen LogP contribution < -0.4 is 4.72 Å². The lowest BCUT2D eigenvalue weighted by Gasteiger charge is -2.04. The minimum Gasteiger partial charge on any atom is -0.393 e. The van der Waals surface area contributed by atoms with Crippen LogP contribution in [0.3, 0.4) is 0 Å². The molecule has 4 nitrogen and oxygen atoms in total. The standard InChI is InChI=1S/C16H16N2O2S/c19-12-15(20)4-1-13-2-5-16(6-3-13)21-18-11-14-7-9-17-10-8-14/h2-3,5-10,15,18-20H,11-12H2/t15-/m0/s1. The number of rotatable bonds is 5. The van der Waals surface area contributed by atoms with E-state index in [9.17, 15) is 0 Å². The molecular formula is C16H16N2O2S. The van der Waals surface area contributed by atoms with E-state index in [0.717, 1.165) is 17.0 Å². The Morgan fingerprint density at radius 2 is 1.86 bits per heavy atom. The van der Waals surface area contributed by atoms with Gasteiger partial charge in [0.1, 0.15) is 6.10 Å². The normalized spacial score (nSPS) is 11.5. The molecule has 2 rings (SSSR count). The zero-order valence-corrected chi connectivity index (χ0v) is 12.2. The van der Waals surface area contributed by atoms with Gasteiger partial charge in [-0.25, -0.2) is 0 Å². The first kappa shape index (κ1) is 15.5. The lowest BCUT2D eigenvalue weighted by atomic mass is 10.2. The molecule has 0 amide bonds. The number of hydrogen-bond donors (Lipinski definition) is 3. The highest BCUT2D eigenvalue weighted by Crippen LogP contribution is 2.15. The van der Waals surface area contributed by atoms with Crippen molar-refractivity contribution in [3.05, 3.63) is 59.9 Å². The zero-order chi connectivity index (χ0) is 14.9. The van der Waals surface area contributed by atoms with Crippen LogP contribution in [0.1, 0.15) is 11.1 Å². The van der Waals surface area contributed by atoms with E-state index in [1.165, 1.54) is 5.56 Å². The van der Waals surface area contributed by atoms with E-state index in [-0.39, 0.29) is 6.61 Å². The van der Waals surface area contributed by atoms with E-state index in [0.29, 0.717) is 0 Å². The maximum absolute atomic E-state index is 9.16. The molecule has 0 bridgehead atoms. The van der Waals surface area contributed by atoms with Gasteiger partial charge in [-0.05, 0) is 53.9 Å². The highest BCUT2D eigenvalue weighted by molar-refractivity contribution is 7.97. The number of nitrogens with zero attached hydrogens (tertiary/aromatic N) is 1. The summed E-state index contributed by atoms with van der Waals surface area (Å²) >= 11 is 1.54. The molecule has 1 heterocycles. The van der Waals surface area contributed by atoms with Gasteiger partial charge in [-0.2, -0.15) is 0 Å². The second kappa shape index (κ2) is 8.45. The third-order valence-corrected chi connectivity index (χ3v) is 3.42. The molecule has 0 saturated carbocycles. The predicted molar refractivity (Wildman–Crippen MR) is 83.3 cm³/mol.